The van der Waals surface area contributed by atoms with Crippen LogP contribution in [0.4, 0.5) is 10.5 Å². The minimum Gasteiger partial charge on any atom is -0.486 e. The Morgan fingerprint density at radius 2 is 1.54 bits per heavy atom. The molecule has 0 aliphatic carbocycles. The molecule has 1 fully saturated rings. The van der Waals surface area contributed by atoms with Gasteiger partial charge in [0.25, 0.3) is 11.8 Å². The van der Waals surface area contributed by atoms with E-state index in [0.29, 0.717) is 16.3 Å². The van der Waals surface area contributed by atoms with Gasteiger partial charge in [0.2, 0.25) is 0 Å². The number of hydrogen-bond acceptors (Lipinski definition) is 4. The van der Waals surface area contributed by atoms with Gasteiger partial charge < -0.3 is 4.74 Å². The lowest BCUT2D eigenvalue weighted by Gasteiger charge is -2.27. The topological polar surface area (TPSA) is 75.7 Å². The van der Waals surface area contributed by atoms with E-state index < -0.39 is 17.8 Å². The fourth-order valence-electron chi connectivity index (χ4n) is 3.46. The maximum absolute atomic E-state index is 13.1. The van der Waals surface area contributed by atoms with Crippen LogP contribution in [0, 0.1) is 13.8 Å². The number of anilines is 1. The lowest BCUT2D eigenvalue weighted by atomic mass is 10.0. The van der Waals surface area contributed by atoms with Crippen LogP contribution in [0.2, 0.25) is 15.1 Å². The standard InChI is InChI=1S/C26H19Cl3N2O4/c1-14-3-8-19(9-15(14)2)31-25(33)20(24(32)30-26(31)34)10-17-11-21(28)23(22(29)12-17)35-13-16-4-6-18(27)7-5-16/h3-12H,13H2,1-2H3,(H,30,32,34)/b20-10+. The van der Waals surface area contributed by atoms with E-state index in [2.05, 4.69) is 5.32 Å². The molecule has 0 radical (unpaired) electrons. The minimum absolute atomic E-state index is 0.198. The highest BCUT2D eigenvalue weighted by Crippen LogP contribution is 2.36. The molecule has 4 amide bonds. The molecule has 0 aromatic heterocycles. The zero-order valence-electron chi connectivity index (χ0n) is 18.7. The summed E-state index contributed by atoms with van der Waals surface area (Å²) in [6, 6.07) is 14.5. The first-order valence-electron chi connectivity index (χ1n) is 10.5. The van der Waals surface area contributed by atoms with Gasteiger partial charge >= 0.3 is 6.03 Å². The molecule has 0 atom stereocenters. The molecule has 35 heavy (non-hydrogen) atoms. The lowest BCUT2D eigenvalue weighted by Crippen LogP contribution is -2.54. The van der Waals surface area contributed by atoms with Gasteiger partial charge in [-0.05, 0) is 78.6 Å². The first kappa shape index (κ1) is 24.8. The fraction of sp³-hybridized carbons (Fsp3) is 0.115. The number of hydrogen-bond donors (Lipinski definition) is 1. The van der Waals surface area contributed by atoms with E-state index in [1.807, 2.05) is 26.0 Å². The van der Waals surface area contributed by atoms with Crippen LogP contribution < -0.4 is 15.0 Å². The fourth-order valence-corrected chi connectivity index (χ4v) is 4.20. The van der Waals surface area contributed by atoms with Crippen molar-refractivity contribution in [2.75, 3.05) is 4.90 Å². The van der Waals surface area contributed by atoms with Gasteiger partial charge in [-0.25, -0.2) is 9.69 Å². The number of nitrogens with one attached hydrogen (secondary N) is 1. The molecule has 4 rings (SSSR count). The second-order valence-electron chi connectivity index (χ2n) is 7.96. The molecular formula is C26H19Cl3N2O4. The molecule has 1 aliphatic heterocycles. The number of carbonyl (C=O) groups excluding carboxylic acids is 3. The number of halogens is 3. The number of urea groups is 1. The molecule has 9 heteroatoms. The van der Waals surface area contributed by atoms with Crippen molar-refractivity contribution < 1.29 is 19.1 Å². The number of ether oxygens (including phenoxy) is 1. The normalized spacial score (nSPS) is 14.9. The summed E-state index contributed by atoms with van der Waals surface area (Å²) >= 11 is 18.7. The van der Waals surface area contributed by atoms with Gasteiger partial charge in [-0.15, -0.1) is 0 Å². The van der Waals surface area contributed by atoms with Crippen LogP contribution in [0.5, 0.6) is 5.75 Å². The highest BCUT2D eigenvalue weighted by Gasteiger charge is 2.37. The van der Waals surface area contributed by atoms with Crippen molar-refractivity contribution in [1.29, 1.82) is 0 Å². The third-order valence-corrected chi connectivity index (χ3v) is 6.29. The Kier molecular flexibility index (Phi) is 7.17. The quantitative estimate of drug-likeness (QED) is 0.302. The van der Waals surface area contributed by atoms with E-state index in [9.17, 15) is 14.4 Å². The Bertz CT molecular complexity index is 1360. The summed E-state index contributed by atoms with van der Waals surface area (Å²) in [5.41, 5.74) is 3.30. The molecule has 1 aliphatic rings. The first-order chi connectivity index (χ1) is 16.6. The van der Waals surface area contributed by atoms with Crippen LogP contribution in [0.1, 0.15) is 22.3 Å². The van der Waals surface area contributed by atoms with Gasteiger partial charge in [0.05, 0.1) is 15.7 Å². The van der Waals surface area contributed by atoms with Crippen LogP contribution in [0.15, 0.2) is 60.2 Å². The average Bonchev–Trinajstić information content (AvgIpc) is 2.79. The summed E-state index contributed by atoms with van der Waals surface area (Å²) in [5.74, 6) is -1.30. The molecule has 0 bridgehead atoms. The van der Waals surface area contributed by atoms with Gasteiger partial charge in [0, 0.05) is 5.02 Å². The number of nitrogens with zero attached hydrogens (tertiary/aromatic N) is 1. The monoisotopic (exact) mass is 528 g/mol. The molecule has 3 aromatic rings. The second-order valence-corrected chi connectivity index (χ2v) is 9.21. The summed E-state index contributed by atoms with van der Waals surface area (Å²) in [6.07, 6.45) is 1.33. The van der Waals surface area contributed by atoms with Crippen molar-refractivity contribution in [2.24, 2.45) is 0 Å². The van der Waals surface area contributed by atoms with Gasteiger partial charge in [0.15, 0.2) is 5.75 Å². The van der Waals surface area contributed by atoms with Crippen LogP contribution >= 0.6 is 34.8 Å². The molecule has 178 valence electrons. The zero-order chi connectivity index (χ0) is 25.3. The van der Waals surface area contributed by atoms with Crippen LogP contribution in [-0.2, 0) is 16.2 Å². The maximum Gasteiger partial charge on any atom is 0.335 e. The highest BCUT2D eigenvalue weighted by atomic mass is 35.5. The lowest BCUT2D eigenvalue weighted by molar-refractivity contribution is -0.122. The first-order valence-corrected chi connectivity index (χ1v) is 11.6. The summed E-state index contributed by atoms with van der Waals surface area (Å²) in [5, 5.41) is 3.21. The predicted octanol–water partition coefficient (Wildman–Crippen LogP) is 6.51. The van der Waals surface area contributed by atoms with Crippen molar-refractivity contribution in [3.8, 4) is 5.75 Å². The van der Waals surface area contributed by atoms with Crippen molar-refractivity contribution in [2.45, 2.75) is 20.5 Å². The Labute approximate surface area is 217 Å². The van der Waals surface area contributed by atoms with E-state index in [1.165, 1.54) is 18.2 Å². The van der Waals surface area contributed by atoms with Gasteiger partial charge in [0.1, 0.15) is 12.2 Å². The van der Waals surface area contributed by atoms with Crippen LogP contribution in [-0.4, -0.2) is 17.8 Å². The molecule has 1 saturated heterocycles. The summed E-state index contributed by atoms with van der Waals surface area (Å²) in [7, 11) is 0. The molecule has 1 heterocycles. The van der Waals surface area contributed by atoms with Crippen LogP contribution in [0.3, 0.4) is 0 Å². The van der Waals surface area contributed by atoms with E-state index in [-0.39, 0.29) is 28.0 Å². The number of carbonyl (C=O) groups is 3. The Morgan fingerprint density at radius 3 is 2.17 bits per heavy atom. The third kappa shape index (κ3) is 5.35. The van der Waals surface area contributed by atoms with Crippen LogP contribution in [0.25, 0.3) is 6.08 Å². The number of benzene rings is 3. The summed E-state index contributed by atoms with van der Waals surface area (Å²) in [6.45, 7) is 4.00. The van der Waals surface area contributed by atoms with E-state index in [0.717, 1.165) is 21.6 Å². The number of barbiturate groups is 1. The number of rotatable bonds is 5. The van der Waals surface area contributed by atoms with E-state index in [4.69, 9.17) is 39.5 Å². The Balaban J connectivity index is 1.61. The number of imide groups is 2. The minimum atomic E-state index is -0.817. The van der Waals surface area contributed by atoms with Crippen molar-refractivity contribution in [1.82, 2.24) is 5.32 Å². The van der Waals surface area contributed by atoms with Gasteiger partial charge in [-0.3, -0.25) is 14.9 Å². The maximum atomic E-state index is 13.1. The van der Waals surface area contributed by atoms with Gasteiger partial charge in [-0.1, -0.05) is 53.0 Å². The molecule has 0 unspecified atom stereocenters. The van der Waals surface area contributed by atoms with Crippen molar-refractivity contribution in [3.05, 3.63) is 97.5 Å². The molecular weight excluding hydrogens is 511 g/mol. The van der Waals surface area contributed by atoms with Gasteiger partial charge in [-0.2, -0.15) is 0 Å². The third-order valence-electron chi connectivity index (χ3n) is 5.48. The van der Waals surface area contributed by atoms with Crippen molar-refractivity contribution >= 4 is 64.4 Å². The van der Waals surface area contributed by atoms with E-state index >= 15 is 0 Å². The summed E-state index contributed by atoms with van der Waals surface area (Å²) in [4.78, 5) is 39.0. The number of amides is 4. The van der Waals surface area contributed by atoms with E-state index in [1.54, 1.807) is 30.3 Å². The Hall–Kier alpha value is -3.32. The molecule has 6 nitrogen and oxygen atoms in total. The zero-order valence-corrected chi connectivity index (χ0v) is 21.0. The number of aryl methyl sites for hydroxylation is 2. The average molecular weight is 530 g/mol. The SMILES string of the molecule is Cc1ccc(N2C(=O)NC(=O)/C(=C\c3cc(Cl)c(OCc4ccc(Cl)cc4)c(Cl)c3)C2=O)cc1C. The van der Waals surface area contributed by atoms with Crippen molar-refractivity contribution in [3.63, 3.8) is 0 Å². The Morgan fingerprint density at radius 1 is 0.886 bits per heavy atom. The molecule has 3 aromatic carbocycles. The second kappa shape index (κ2) is 10.1. The molecule has 1 N–H and O–H groups in total. The largest absolute Gasteiger partial charge is 0.486 e. The molecule has 0 saturated carbocycles. The molecule has 0 spiro atoms. The highest BCUT2D eigenvalue weighted by molar-refractivity contribution is 6.40. The predicted molar refractivity (Wildman–Crippen MR) is 137 cm³/mol. The smallest absolute Gasteiger partial charge is 0.335 e. The summed E-state index contributed by atoms with van der Waals surface area (Å²) < 4.78 is 5.76.